The topological polar surface area (TPSA) is 28.5 Å². The van der Waals surface area contributed by atoms with Crippen LogP contribution in [0.15, 0.2) is 30.5 Å². The third-order valence-corrected chi connectivity index (χ3v) is 5.37. The molecule has 0 saturated carbocycles. The highest BCUT2D eigenvalue weighted by Crippen LogP contribution is 2.25. The van der Waals surface area contributed by atoms with Crippen LogP contribution in [-0.2, 0) is 20.0 Å². The summed E-state index contributed by atoms with van der Waals surface area (Å²) in [5, 5.41) is 0. The zero-order valence-corrected chi connectivity index (χ0v) is 15.9. The molecule has 1 aliphatic heterocycles. The maximum atomic E-state index is 12.6. The van der Waals surface area contributed by atoms with Crippen molar-refractivity contribution in [3.05, 3.63) is 58.4 Å². The van der Waals surface area contributed by atoms with Gasteiger partial charge in [-0.25, -0.2) is 0 Å². The van der Waals surface area contributed by atoms with E-state index in [4.69, 9.17) is 0 Å². The fourth-order valence-corrected chi connectivity index (χ4v) is 3.54. The smallest absolute Gasteiger partial charge is 0.254 e. The summed E-state index contributed by atoms with van der Waals surface area (Å²) >= 11 is 0. The summed E-state index contributed by atoms with van der Waals surface area (Å²) < 4.78 is 2.18. The van der Waals surface area contributed by atoms with E-state index in [0.717, 1.165) is 44.6 Å². The Labute approximate surface area is 151 Å². The molecule has 1 amide bonds. The van der Waals surface area contributed by atoms with Gasteiger partial charge in [0.05, 0.1) is 0 Å². The van der Waals surface area contributed by atoms with Gasteiger partial charge in [0.1, 0.15) is 0 Å². The van der Waals surface area contributed by atoms with Crippen molar-refractivity contribution in [2.75, 3.05) is 26.7 Å². The van der Waals surface area contributed by atoms with Crippen molar-refractivity contribution in [1.82, 2.24) is 14.4 Å². The van der Waals surface area contributed by atoms with E-state index in [1.807, 2.05) is 4.90 Å². The van der Waals surface area contributed by atoms with Gasteiger partial charge in [-0.3, -0.25) is 4.79 Å². The SMILES string of the molecule is Cc1cc2c(cc1C)C(=O)N(CCCN(C)CCc1cccn1C)C2. The average Bonchev–Trinajstić information content (AvgIpc) is 3.11. The van der Waals surface area contributed by atoms with Crippen molar-refractivity contribution in [3.8, 4) is 0 Å². The summed E-state index contributed by atoms with van der Waals surface area (Å²) in [7, 11) is 4.26. The zero-order valence-electron chi connectivity index (χ0n) is 15.9. The van der Waals surface area contributed by atoms with Crippen LogP contribution in [0.2, 0.25) is 0 Å². The molecule has 0 saturated heterocycles. The molecule has 0 radical (unpaired) electrons. The molecule has 3 rings (SSSR count). The van der Waals surface area contributed by atoms with Crippen molar-refractivity contribution in [2.24, 2.45) is 7.05 Å². The monoisotopic (exact) mass is 339 g/mol. The number of likely N-dealkylation sites (N-methyl/N-ethyl adjacent to an activating group) is 1. The summed E-state index contributed by atoms with van der Waals surface area (Å²) in [5.41, 5.74) is 5.93. The molecule has 2 heterocycles. The standard InChI is InChI=1S/C21H29N3O/c1-16-13-18-15-24(21(25)20(18)14-17(16)2)11-6-9-22(3)12-8-19-7-5-10-23(19)4/h5,7,10,13-14H,6,8-9,11-12,15H2,1-4H3. The molecule has 0 atom stereocenters. The van der Waals surface area contributed by atoms with Crippen LogP contribution < -0.4 is 0 Å². The number of amides is 1. The lowest BCUT2D eigenvalue weighted by molar-refractivity contribution is 0.0772. The van der Waals surface area contributed by atoms with Crippen molar-refractivity contribution in [1.29, 1.82) is 0 Å². The predicted molar refractivity (Wildman–Crippen MR) is 102 cm³/mol. The van der Waals surface area contributed by atoms with Crippen LogP contribution in [0.25, 0.3) is 0 Å². The number of hydrogen-bond acceptors (Lipinski definition) is 2. The third-order valence-electron chi connectivity index (χ3n) is 5.37. The van der Waals surface area contributed by atoms with Gasteiger partial charge in [0.15, 0.2) is 0 Å². The molecular formula is C21H29N3O. The number of fused-ring (bicyclic) bond motifs is 1. The van der Waals surface area contributed by atoms with E-state index in [-0.39, 0.29) is 5.91 Å². The number of nitrogens with zero attached hydrogens (tertiary/aromatic N) is 3. The lowest BCUT2D eigenvalue weighted by Crippen LogP contribution is -2.29. The van der Waals surface area contributed by atoms with E-state index >= 15 is 0 Å². The van der Waals surface area contributed by atoms with Crippen LogP contribution in [0.5, 0.6) is 0 Å². The van der Waals surface area contributed by atoms with E-state index in [9.17, 15) is 4.79 Å². The van der Waals surface area contributed by atoms with Gasteiger partial charge in [-0.1, -0.05) is 6.07 Å². The van der Waals surface area contributed by atoms with Gasteiger partial charge in [0.2, 0.25) is 0 Å². The minimum atomic E-state index is 0.199. The average molecular weight is 339 g/mol. The molecule has 1 aliphatic rings. The van der Waals surface area contributed by atoms with Gasteiger partial charge in [0.25, 0.3) is 5.91 Å². The number of aryl methyl sites for hydroxylation is 3. The summed E-state index contributed by atoms with van der Waals surface area (Å²) in [6.07, 6.45) is 4.17. The largest absolute Gasteiger partial charge is 0.354 e. The van der Waals surface area contributed by atoms with Gasteiger partial charge < -0.3 is 14.4 Å². The molecule has 4 nitrogen and oxygen atoms in total. The number of carbonyl (C=O) groups is 1. The highest BCUT2D eigenvalue weighted by Gasteiger charge is 2.27. The van der Waals surface area contributed by atoms with Crippen molar-refractivity contribution in [2.45, 2.75) is 33.2 Å². The Hall–Kier alpha value is -2.07. The predicted octanol–water partition coefficient (Wildman–Crippen LogP) is 3.16. The number of aromatic nitrogens is 1. The number of carbonyl (C=O) groups excluding carboxylic acids is 1. The Balaban J connectivity index is 1.45. The van der Waals surface area contributed by atoms with Gasteiger partial charge in [-0.2, -0.15) is 0 Å². The summed E-state index contributed by atoms with van der Waals surface area (Å²) in [4.78, 5) is 16.9. The molecule has 0 aliphatic carbocycles. The van der Waals surface area contributed by atoms with Crippen LogP contribution in [-0.4, -0.2) is 47.0 Å². The van der Waals surface area contributed by atoms with E-state index in [1.54, 1.807) is 0 Å². The molecule has 25 heavy (non-hydrogen) atoms. The van der Waals surface area contributed by atoms with E-state index in [1.165, 1.54) is 22.4 Å². The van der Waals surface area contributed by atoms with E-state index < -0.39 is 0 Å². The summed E-state index contributed by atoms with van der Waals surface area (Å²) in [6.45, 7) is 7.85. The van der Waals surface area contributed by atoms with Crippen LogP contribution in [0, 0.1) is 13.8 Å². The second kappa shape index (κ2) is 7.44. The highest BCUT2D eigenvalue weighted by molar-refractivity contribution is 5.98. The number of rotatable bonds is 7. The molecule has 4 heteroatoms. The molecule has 134 valence electrons. The maximum Gasteiger partial charge on any atom is 0.254 e. The van der Waals surface area contributed by atoms with Gasteiger partial charge in [-0.05, 0) is 68.8 Å². The Morgan fingerprint density at radius 1 is 1.16 bits per heavy atom. The Bertz CT molecular complexity index is 762. The minimum absolute atomic E-state index is 0.199. The summed E-state index contributed by atoms with van der Waals surface area (Å²) in [5.74, 6) is 0.199. The maximum absolute atomic E-state index is 12.6. The lowest BCUT2D eigenvalue weighted by Gasteiger charge is -2.20. The van der Waals surface area contributed by atoms with Crippen LogP contribution in [0.3, 0.4) is 0 Å². The first-order valence-corrected chi connectivity index (χ1v) is 9.14. The molecular weight excluding hydrogens is 310 g/mol. The quantitative estimate of drug-likeness (QED) is 0.775. The van der Waals surface area contributed by atoms with E-state index in [0.29, 0.717) is 0 Å². The molecule has 0 bridgehead atoms. The molecule has 0 fully saturated rings. The van der Waals surface area contributed by atoms with Crippen molar-refractivity contribution >= 4 is 5.91 Å². The van der Waals surface area contributed by atoms with Gasteiger partial charge >= 0.3 is 0 Å². The molecule has 0 unspecified atom stereocenters. The van der Waals surface area contributed by atoms with Crippen molar-refractivity contribution < 1.29 is 4.79 Å². The summed E-state index contributed by atoms with van der Waals surface area (Å²) in [6, 6.07) is 8.50. The molecule has 1 aromatic heterocycles. The first-order chi connectivity index (χ1) is 12.0. The fourth-order valence-electron chi connectivity index (χ4n) is 3.54. The number of hydrogen-bond donors (Lipinski definition) is 0. The van der Waals surface area contributed by atoms with Crippen LogP contribution >= 0.6 is 0 Å². The second-order valence-electron chi connectivity index (χ2n) is 7.34. The molecule has 0 N–H and O–H groups in total. The highest BCUT2D eigenvalue weighted by atomic mass is 16.2. The zero-order chi connectivity index (χ0) is 18.0. The Kier molecular flexibility index (Phi) is 5.28. The second-order valence-corrected chi connectivity index (χ2v) is 7.34. The first kappa shape index (κ1) is 17.7. The molecule has 1 aromatic carbocycles. The number of benzene rings is 1. The van der Waals surface area contributed by atoms with Crippen LogP contribution in [0.4, 0.5) is 0 Å². The molecule has 2 aromatic rings. The fraction of sp³-hybridized carbons (Fsp3) is 0.476. The van der Waals surface area contributed by atoms with Crippen molar-refractivity contribution in [3.63, 3.8) is 0 Å². The van der Waals surface area contributed by atoms with Crippen LogP contribution in [0.1, 0.15) is 39.2 Å². The first-order valence-electron chi connectivity index (χ1n) is 9.14. The molecule has 0 spiro atoms. The third kappa shape index (κ3) is 3.96. The normalized spacial score (nSPS) is 13.8. The minimum Gasteiger partial charge on any atom is -0.354 e. The van der Waals surface area contributed by atoms with E-state index in [2.05, 4.69) is 67.9 Å². The van der Waals surface area contributed by atoms with Gasteiger partial charge in [0, 0.05) is 50.6 Å². The van der Waals surface area contributed by atoms with Gasteiger partial charge in [-0.15, -0.1) is 0 Å². The lowest BCUT2D eigenvalue weighted by atomic mass is 10.0. The Morgan fingerprint density at radius 2 is 1.92 bits per heavy atom. The Morgan fingerprint density at radius 3 is 2.64 bits per heavy atom.